The minimum Gasteiger partial charge on any atom is -0.355 e. The molecule has 2 aromatic rings. The molecule has 2 atom stereocenters. The highest BCUT2D eigenvalue weighted by molar-refractivity contribution is 5.81. The summed E-state index contributed by atoms with van der Waals surface area (Å²) in [7, 11) is 0. The molecule has 1 aliphatic carbocycles. The second kappa shape index (κ2) is 13.4. The van der Waals surface area contributed by atoms with Crippen molar-refractivity contribution in [2.24, 2.45) is 17.1 Å². The molecule has 3 rings (SSSR count). The molecule has 35 heavy (non-hydrogen) atoms. The monoisotopic (exact) mass is 478 g/mol. The van der Waals surface area contributed by atoms with Gasteiger partial charge in [-0.3, -0.25) is 14.6 Å². The highest BCUT2D eigenvalue weighted by Crippen LogP contribution is 2.42. The van der Waals surface area contributed by atoms with Gasteiger partial charge >= 0.3 is 0 Å². The summed E-state index contributed by atoms with van der Waals surface area (Å²) in [4.78, 5) is 30.2. The number of carbonyl (C=O) groups is 2. The maximum absolute atomic E-state index is 13.4. The molecule has 1 fully saturated rings. The third-order valence-electron chi connectivity index (χ3n) is 7.14. The Labute approximate surface area is 210 Å². The van der Waals surface area contributed by atoms with Gasteiger partial charge in [0.2, 0.25) is 11.8 Å². The third kappa shape index (κ3) is 8.77. The van der Waals surface area contributed by atoms with Crippen LogP contribution in [0.25, 0.3) is 0 Å². The molecule has 2 amide bonds. The van der Waals surface area contributed by atoms with E-state index >= 15 is 0 Å². The molecule has 190 valence electrons. The number of hydrogen-bond acceptors (Lipinski definition) is 4. The largest absolute Gasteiger partial charge is 0.355 e. The van der Waals surface area contributed by atoms with E-state index in [1.54, 1.807) is 6.20 Å². The van der Waals surface area contributed by atoms with E-state index in [0.717, 1.165) is 43.4 Å². The first-order valence-electron chi connectivity index (χ1n) is 13.1. The molecule has 0 radical (unpaired) electrons. The van der Waals surface area contributed by atoms with Crippen LogP contribution in [-0.2, 0) is 16.0 Å². The number of benzene rings is 1. The van der Waals surface area contributed by atoms with E-state index in [4.69, 9.17) is 5.73 Å². The Kier molecular flexibility index (Phi) is 10.3. The molecule has 1 aromatic carbocycles. The smallest absolute Gasteiger partial charge is 0.236 e. The second-order valence-electron chi connectivity index (χ2n) is 10.6. The number of nitrogens with two attached hydrogens (primary N) is 1. The number of hydrogen-bond donors (Lipinski definition) is 3. The maximum Gasteiger partial charge on any atom is 0.236 e. The Balaban J connectivity index is 1.63. The molecule has 6 heteroatoms. The number of carbonyl (C=O) groups excluding carboxylic acids is 2. The molecule has 4 N–H and O–H groups in total. The Morgan fingerprint density at radius 2 is 1.74 bits per heavy atom. The van der Waals surface area contributed by atoms with Gasteiger partial charge in [0.1, 0.15) is 0 Å². The van der Waals surface area contributed by atoms with E-state index in [0.29, 0.717) is 31.7 Å². The van der Waals surface area contributed by atoms with E-state index < -0.39 is 6.04 Å². The van der Waals surface area contributed by atoms with Crippen LogP contribution in [0, 0.1) is 11.3 Å². The first kappa shape index (κ1) is 26.9. The molecule has 1 unspecified atom stereocenters. The lowest BCUT2D eigenvalue weighted by Crippen LogP contribution is -2.43. The highest BCUT2D eigenvalue weighted by atomic mass is 16.2. The van der Waals surface area contributed by atoms with Crippen molar-refractivity contribution in [3.05, 3.63) is 66.0 Å². The molecule has 1 aliphatic rings. The number of nitrogens with zero attached hydrogens (tertiary/aromatic N) is 1. The summed E-state index contributed by atoms with van der Waals surface area (Å²) < 4.78 is 0. The van der Waals surface area contributed by atoms with Gasteiger partial charge in [-0.2, -0.15) is 0 Å². The Morgan fingerprint density at radius 3 is 2.40 bits per heavy atom. The Hall–Kier alpha value is -2.73. The van der Waals surface area contributed by atoms with Crippen molar-refractivity contribution >= 4 is 11.8 Å². The summed E-state index contributed by atoms with van der Waals surface area (Å²) >= 11 is 0. The van der Waals surface area contributed by atoms with Gasteiger partial charge in [-0.05, 0) is 54.7 Å². The van der Waals surface area contributed by atoms with Crippen molar-refractivity contribution in [1.29, 1.82) is 0 Å². The van der Waals surface area contributed by atoms with Gasteiger partial charge in [0.15, 0.2) is 0 Å². The molecular formula is C29H42N4O2. The van der Waals surface area contributed by atoms with Gasteiger partial charge < -0.3 is 16.4 Å². The number of nitrogens with one attached hydrogen (secondary N) is 2. The predicted molar refractivity (Wildman–Crippen MR) is 140 cm³/mol. The van der Waals surface area contributed by atoms with E-state index in [9.17, 15) is 9.59 Å². The molecule has 0 spiro atoms. The average Bonchev–Trinajstić information content (AvgIpc) is 2.85. The van der Waals surface area contributed by atoms with E-state index in [-0.39, 0.29) is 23.3 Å². The fourth-order valence-electron chi connectivity index (χ4n) is 5.27. The lowest BCUT2D eigenvalue weighted by Gasteiger charge is -2.37. The lowest BCUT2D eigenvalue weighted by atomic mass is 9.69. The zero-order valence-electron chi connectivity index (χ0n) is 21.3. The number of aromatic nitrogens is 1. The van der Waals surface area contributed by atoms with Crippen molar-refractivity contribution in [2.45, 2.75) is 83.7 Å². The van der Waals surface area contributed by atoms with E-state index in [1.165, 1.54) is 6.42 Å². The summed E-state index contributed by atoms with van der Waals surface area (Å²) in [5, 5.41) is 6.34. The molecule has 6 nitrogen and oxygen atoms in total. The summed E-state index contributed by atoms with van der Waals surface area (Å²) in [6, 6.07) is 15.4. The zero-order valence-corrected chi connectivity index (χ0v) is 21.3. The van der Waals surface area contributed by atoms with Crippen LogP contribution in [0.4, 0.5) is 0 Å². The average molecular weight is 479 g/mol. The highest BCUT2D eigenvalue weighted by Gasteiger charge is 2.35. The van der Waals surface area contributed by atoms with Crippen LogP contribution in [-0.4, -0.2) is 29.4 Å². The van der Waals surface area contributed by atoms with Gasteiger partial charge in [0, 0.05) is 31.3 Å². The van der Waals surface area contributed by atoms with Crippen molar-refractivity contribution in [2.75, 3.05) is 6.54 Å². The Bertz CT molecular complexity index is 911. The van der Waals surface area contributed by atoms with Crippen LogP contribution in [0.2, 0.25) is 0 Å². The molecule has 0 saturated heterocycles. The summed E-state index contributed by atoms with van der Waals surface area (Å²) in [6.45, 7) is 4.70. The minimum atomic E-state index is -0.473. The molecule has 0 bridgehead atoms. The first-order valence-corrected chi connectivity index (χ1v) is 13.1. The lowest BCUT2D eigenvalue weighted by molar-refractivity contribution is -0.125. The Morgan fingerprint density at radius 1 is 1.03 bits per heavy atom. The van der Waals surface area contributed by atoms with Crippen molar-refractivity contribution in [1.82, 2.24) is 15.6 Å². The molecule has 0 aliphatic heterocycles. The number of amides is 2. The summed E-state index contributed by atoms with van der Waals surface area (Å²) in [6.07, 6.45) is 9.90. The SMILES string of the molecule is CC(C)C[C@H](N)C(=O)NCCC1(CC(=O)NC(Cc2ccccn2)c2ccccc2)CCCCC1. The van der Waals surface area contributed by atoms with Crippen molar-refractivity contribution in [3.8, 4) is 0 Å². The van der Waals surface area contributed by atoms with Crippen LogP contribution in [0.3, 0.4) is 0 Å². The van der Waals surface area contributed by atoms with Crippen LogP contribution in [0.5, 0.6) is 0 Å². The number of pyridine rings is 1. The molecule has 1 saturated carbocycles. The normalized spacial score (nSPS) is 16.9. The molecule has 1 heterocycles. The van der Waals surface area contributed by atoms with E-state index in [2.05, 4.69) is 41.6 Å². The van der Waals surface area contributed by atoms with Gasteiger partial charge in [0.05, 0.1) is 12.1 Å². The van der Waals surface area contributed by atoms with Gasteiger partial charge in [-0.15, -0.1) is 0 Å². The fourth-order valence-corrected chi connectivity index (χ4v) is 5.27. The van der Waals surface area contributed by atoms with Crippen LogP contribution >= 0.6 is 0 Å². The van der Waals surface area contributed by atoms with E-state index in [1.807, 2.05) is 36.4 Å². The van der Waals surface area contributed by atoms with Gasteiger partial charge in [-0.1, -0.05) is 69.5 Å². The minimum absolute atomic E-state index is 0.0690. The summed E-state index contributed by atoms with van der Waals surface area (Å²) in [5.74, 6) is 0.362. The summed E-state index contributed by atoms with van der Waals surface area (Å²) in [5.41, 5.74) is 8.00. The van der Waals surface area contributed by atoms with Crippen LogP contribution < -0.4 is 16.4 Å². The van der Waals surface area contributed by atoms with Crippen molar-refractivity contribution < 1.29 is 9.59 Å². The topological polar surface area (TPSA) is 97.1 Å². The van der Waals surface area contributed by atoms with Gasteiger partial charge in [0.25, 0.3) is 0 Å². The molecular weight excluding hydrogens is 436 g/mol. The third-order valence-corrected chi connectivity index (χ3v) is 7.14. The second-order valence-corrected chi connectivity index (χ2v) is 10.6. The van der Waals surface area contributed by atoms with Crippen LogP contribution in [0.1, 0.15) is 82.5 Å². The van der Waals surface area contributed by atoms with Crippen molar-refractivity contribution in [3.63, 3.8) is 0 Å². The predicted octanol–water partition coefficient (Wildman–Crippen LogP) is 4.70. The van der Waals surface area contributed by atoms with Gasteiger partial charge in [-0.25, -0.2) is 0 Å². The number of rotatable bonds is 12. The quantitative estimate of drug-likeness (QED) is 0.412. The maximum atomic E-state index is 13.4. The first-order chi connectivity index (χ1) is 16.9. The standard InChI is InChI=1S/C29H42N4O2/c1-22(2)19-25(30)28(35)32-18-16-29(14-8-4-9-15-29)21-27(34)33-26(23-11-5-3-6-12-23)20-24-13-7-10-17-31-24/h3,5-7,10-13,17,22,25-26H,4,8-9,14-16,18-21,30H2,1-2H3,(H,32,35)(H,33,34)/t25-,26?/m0/s1. The molecule has 1 aromatic heterocycles. The fraction of sp³-hybridized carbons (Fsp3) is 0.552. The zero-order chi connectivity index (χ0) is 25.1. The van der Waals surface area contributed by atoms with Crippen LogP contribution in [0.15, 0.2) is 54.7 Å².